The van der Waals surface area contributed by atoms with Crippen LogP contribution < -0.4 is 5.73 Å². The summed E-state index contributed by atoms with van der Waals surface area (Å²) < 4.78 is 10.6. The highest BCUT2D eigenvalue weighted by Gasteiger charge is 2.16. The molecule has 0 saturated carbocycles. The molecule has 1 fully saturated rings. The Labute approximate surface area is 83.4 Å². The number of ether oxygens (including phenoxy) is 1. The minimum atomic E-state index is 0.449. The number of nitrogens with zero attached hydrogens (tertiary/aromatic N) is 1. The summed E-state index contributed by atoms with van der Waals surface area (Å²) in [6.07, 6.45) is 3.30. The molecule has 4 heteroatoms. The van der Waals surface area contributed by atoms with E-state index in [-0.39, 0.29) is 0 Å². The molecular weight excluding hydrogens is 180 g/mol. The summed E-state index contributed by atoms with van der Waals surface area (Å²) in [7, 11) is 0. The van der Waals surface area contributed by atoms with E-state index >= 15 is 0 Å². The van der Waals surface area contributed by atoms with E-state index in [1.165, 1.54) is 6.42 Å². The predicted octanol–water partition coefficient (Wildman–Crippen LogP) is 1.10. The molecular formula is C10H16N2O2. The van der Waals surface area contributed by atoms with E-state index in [1.54, 1.807) is 0 Å². The Morgan fingerprint density at radius 3 is 3.14 bits per heavy atom. The van der Waals surface area contributed by atoms with Gasteiger partial charge in [0, 0.05) is 32.2 Å². The van der Waals surface area contributed by atoms with Crippen molar-refractivity contribution in [3.05, 3.63) is 17.5 Å². The van der Waals surface area contributed by atoms with E-state index < -0.39 is 0 Å². The molecule has 4 nitrogen and oxygen atoms in total. The minimum absolute atomic E-state index is 0.449. The Hall–Kier alpha value is -0.870. The molecule has 0 radical (unpaired) electrons. The Morgan fingerprint density at radius 1 is 1.57 bits per heavy atom. The minimum Gasteiger partial charge on any atom is -0.381 e. The summed E-state index contributed by atoms with van der Waals surface area (Å²) >= 11 is 0. The van der Waals surface area contributed by atoms with Crippen LogP contribution in [0.2, 0.25) is 0 Å². The topological polar surface area (TPSA) is 61.3 Å². The zero-order chi connectivity index (χ0) is 9.80. The van der Waals surface area contributed by atoms with Crippen LogP contribution in [0.25, 0.3) is 0 Å². The van der Waals surface area contributed by atoms with Gasteiger partial charge in [-0.05, 0) is 18.8 Å². The smallest absolute Gasteiger partial charge is 0.137 e. The highest BCUT2D eigenvalue weighted by Crippen LogP contribution is 2.19. The van der Waals surface area contributed by atoms with Gasteiger partial charge in [0.15, 0.2) is 0 Å². The molecule has 0 aliphatic carbocycles. The van der Waals surface area contributed by atoms with Crippen LogP contribution in [0.15, 0.2) is 10.6 Å². The van der Waals surface area contributed by atoms with Gasteiger partial charge in [0.25, 0.3) is 0 Å². The van der Waals surface area contributed by atoms with Crippen molar-refractivity contribution in [2.24, 2.45) is 11.7 Å². The zero-order valence-corrected chi connectivity index (χ0v) is 8.24. The number of hydrogen-bond donors (Lipinski definition) is 1. The second kappa shape index (κ2) is 4.57. The lowest BCUT2D eigenvalue weighted by Crippen LogP contribution is -2.18. The molecule has 0 aromatic carbocycles. The maximum Gasteiger partial charge on any atom is 0.137 e. The molecule has 0 amide bonds. The first kappa shape index (κ1) is 9.68. The zero-order valence-electron chi connectivity index (χ0n) is 8.24. The predicted molar refractivity (Wildman–Crippen MR) is 51.6 cm³/mol. The van der Waals surface area contributed by atoms with Crippen molar-refractivity contribution < 1.29 is 9.26 Å². The second-order valence-electron chi connectivity index (χ2n) is 3.78. The second-order valence-corrected chi connectivity index (χ2v) is 3.78. The van der Waals surface area contributed by atoms with Gasteiger partial charge in [0.2, 0.25) is 0 Å². The third-order valence-electron chi connectivity index (χ3n) is 2.56. The maximum atomic E-state index is 5.45. The normalized spacial score (nSPS) is 22.5. The van der Waals surface area contributed by atoms with Crippen molar-refractivity contribution in [3.8, 4) is 0 Å². The van der Waals surface area contributed by atoms with E-state index in [2.05, 4.69) is 5.16 Å². The highest BCUT2D eigenvalue weighted by atomic mass is 16.5. The first-order chi connectivity index (χ1) is 6.88. The third kappa shape index (κ3) is 2.33. The number of aromatic nitrogens is 1. The van der Waals surface area contributed by atoms with Gasteiger partial charge in [0.05, 0.1) is 5.69 Å². The van der Waals surface area contributed by atoms with Crippen molar-refractivity contribution in [2.45, 2.75) is 25.8 Å². The van der Waals surface area contributed by atoms with E-state index in [1.807, 2.05) is 6.07 Å². The summed E-state index contributed by atoms with van der Waals surface area (Å²) in [5, 5.41) is 3.86. The Balaban J connectivity index is 1.89. The van der Waals surface area contributed by atoms with Crippen LogP contribution in [0.3, 0.4) is 0 Å². The molecule has 1 aliphatic heterocycles. The summed E-state index contributed by atoms with van der Waals surface area (Å²) in [5.74, 6) is 1.52. The summed E-state index contributed by atoms with van der Waals surface area (Å²) in [6.45, 7) is 2.20. The number of hydrogen-bond acceptors (Lipinski definition) is 4. The molecule has 1 saturated heterocycles. The average Bonchev–Trinajstić information content (AvgIpc) is 2.67. The molecule has 2 heterocycles. The molecule has 1 aliphatic rings. The van der Waals surface area contributed by atoms with Crippen molar-refractivity contribution in [2.75, 3.05) is 13.2 Å². The van der Waals surface area contributed by atoms with Crippen molar-refractivity contribution in [1.82, 2.24) is 5.16 Å². The lowest BCUT2D eigenvalue weighted by molar-refractivity contribution is 0.0525. The maximum absolute atomic E-state index is 5.45. The quantitative estimate of drug-likeness (QED) is 0.786. The van der Waals surface area contributed by atoms with Gasteiger partial charge in [-0.15, -0.1) is 0 Å². The standard InChI is InChI=1S/C10H16N2O2/c11-6-9-5-10(14-12-9)4-8-2-1-3-13-7-8/h5,8H,1-4,6-7,11H2. The lowest BCUT2D eigenvalue weighted by Gasteiger charge is -2.20. The fourth-order valence-electron chi connectivity index (χ4n) is 1.80. The van der Waals surface area contributed by atoms with E-state index in [9.17, 15) is 0 Å². The van der Waals surface area contributed by atoms with Gasteiger partial charge < -0.3 is 15.0 Å². The van der Waals surface area contributed by atoms with Crippen molar-refractivity contribution in [1.29, 1.82) is 0 Å². The molecule has 1 aromatic heterocycles. The molecule has 2 N–H and O–H groups in total. The van der Waals surface area contributed by atoms with Crippen LogP contribution >= 0.6 is 0 Å². The highest BCUT2D eigenvalue weighted by molar-refractivity contribution is 5.05. The van der Waals surface area contributed by atoms with Crippen molar-refractivity contribution >= 4 is 0 Å². The average molecular weight is 196 g/mol. The SMILES string of the molecule is NCc1cc(CC2CCCOC2)on1. The van der Waals surface area contributed by atoms with E-state index in [4.69, 9.17) is 15.0 Å². The first-order valence-electron chi connectivity index (χ1n) is 5.11. The molecule has 2 rings (SSSR count). The Morgan fingerprint density at radius 2 is 2.50 bits per heavy atom. The molecule has 0 bridgehead atoms. The molecule has 78 valence electrons. The number of rotatable bonds is 3. The molecule has 1 aromatic rings. The van der Waals surface area contributed by atoms with Crippen LogP contribution in [0.5, 0.6) is 0 Å². The summed E-state index contributed by atoms with van der Waals surface area (Å²) in [4.78, 5) is 0. The van der Waals surface area contributed by atoms with Gasteiger partial charge in [0.1, 0.15) is 5.76 Å². The Bertz CT molecular complexity index is 279. The number of nitrogens with two attached hydrogens (primary N) is 1. The van der Waals surface area contributed by atoms with Crippen LogP contribution in [0.1, 0.15) is 24.3 Å². The fourth-order valence-corrected chi connectivity index (χ4v) is 1.80. The molecule has 14 heavy (non-hydrogen) atoms. The third-order valence-corrected chi connectivity index (χ3v) is 2.56. The Kier molecular flexibility index (Phi) is 3.16. The monoisotopic (exact) mass is 196 g/mol. The van der Waals surface area contributed by atoms with E-state index in [0.717, 1.165) is 37.5 Å². The molecule has 1 atom stereocenters. The van der Waals surface area contributed by atoms with Gasteiger partial charge in [-0.3, -0.25) is 0 Å². The van der Waals surface area contributed by atoms with Gasteiger partial charge in [-0.2, -0.15) is 0 Å². The lowest BCUT2D eigenvalue weighted by atomic mass is 9.97. The summed E-state index contributed by atoms with van der Waals surface area (Å²) in [6, 6.07) is 1.94. The van der Waals surface area contributed by atoms with Gasteiger partial charge in [-0.25, -0.2) is 0 Å². The van der Waals surface area contributed by atoms with Crippen LogP contribution in [0.4, 0.5) is 0 Å². The fraction of sp³-hybridized carbons (Fsp3) is 0.700. The van der Waals surface area contributed by atoms with Gasteiger partial charge >= 0.3 is 0 Å². The van der Waals surface area contributed by atoms with Crippen LogP contribution in [-0.2, 0) is 17.7 Å². The van der Waals surface area contributed by atoms with Crippen molar-refractivity contribution in [3.63, 3.8) is 0 Å². The molecule has 1 unspecified atom stereocenters. The largest absolute Gasteiger partial charge is 0.381 e. The summed E-state index contributed by atoms with van der Waals surface area (Å²) in [5.41, 5.74) is 6.28. The van der Waals surface area contributed by atoms with Crippen LogP contribution in [0, 0.1) is 5.92 Å². The van der Waals surface area contributed by atoms with E-state index in [0.29, 0.717) is 12.5 Å². The molecule has 0 spiro atoms. The van der Waals surface area contributed by atoms with Gasteiger partial charge in [-0.1, -0.05) is 5.16 Å². The first-order valence-corrected chi connectivity index (χ1v) is 5.11. The van der Waals surface area contributed by atoms with Crippen LogP contribution in [-0.4, -0.2) is 18.4 Å².